The Morgan fingerprint density at radius 3 is 2.52 bits per heavy atom. The van der Waals surface area contributed by atoms with E-state index in [1.54, 1.807) is 0 Å². The summed E-state index contributed by atoms with van der Waals surface area (Å²) in [5, 5.41) is 19.5. The lowest BCUT2D eigenvalue weighted by Crippen LogP contribution is -2.34. The van der Waals surface area contributed by atoms with Gasteiger partial charge in [-0.3, -0.25) is 10.1 Å². The molecule has 0 aliphatic heterocycles. The SMILES string of the molecule is CCCCN(CCO)S(=O)(=O)c1ccc([N+](=O)[O-])c(F)c1. The van der Waals surface area contributed by atoms with E-state index < -0.39 is 26.5 Å². The van der Waals surface area contributed by atoms with Crippen LogP contribution in [0.25, 0.3) is 0 Å². The van der Waals surface area contributed by atoms with Gasteiger partial charge in [0.05, 0.1) is 16.4 Å². The molecule has 118 valence electrons. The van der Waals surface area contributed by atoms with Crippen molar-refractivity contribution in [3.63, 3.8) is 0 Å². The first-order valence-corrected chi connectivity index (χ1v) is 7.83. The number of rotatable bonds is 8. The predicted octanol–water partition coefficient (Wildman–Crippen LogP) is 1.52. The van der Waals surface area contributed by atoms with E-state index in [0.717, 1.165) is 22.9 Å². The van der Waals surface area contributed by atoms with Crippen molar-refractivity contribution in [3.05, 3.63) is 34.1 Å². The maximum Gasteiger partial charge on any atom is 0.304 e. The molecule has 0 atom stereocenters. The largest absolute Gasteiger partial charge is 0.395 e. The van der Waals surface area contributed by atoms with Crippen LogP contribution in [0.1, 0.15) is 19.8 Å². The van der Waals surface area contributed by atoms with E-state index in [1.165, 1.54) is 0 Å². The molecule has 0 bridgehead atoms. The molecule has 0 fully saturated rings. The lowest BCUT2D eigenvalue weighted by molar-refractivity contribution is -0.387. The van der Waals surface area contributed by atoms with Gasteiger partial charge in [-0.15, -0.1) is 0 Å². The van der Waals surface area contributed by atoms with Crippen LogP contribution in [0.2, 0.25) is 0 Å². The normalized spacial score (nSPS) is 11.8. The average Bonchev–Trinajstić information content (AvgIpc) is 2.42. The molecule has 9 heteroatoms. The fourth-order valence-corrected chi connectivity index (χ4v) is 3.23. The number of nitro benzene ring substituents is 1. The zero-order chi connectivity index (χ0) is 16.0. The maximum absolute atomic E-state index is 13.6. The molecule has 0 spiro atoms. The number of aliphatic hydroxyl groups excluding tert-OH is 1. The van der Waals surface area contributed by atoms with E-state index in [4.69, 9.17) is 5.11 Å². The number of benzene rings is 1. The zero-order valence-electron chi connectivity index (χ0n) is 11.5. The highest BCUT2D eigenvalue weighted by Crippen LogP contribution is 2.23. The molecule has 0 saturated heterocycles. The van der Waals surface area contributed by atoms with Gasteiger partial charge < -0.3 is 5.11 Å². The molecule has 1 rings (SSSR count). The fraction of sp³-hybridized carbons (Fsp3) is 0.500. The summed E-state index contributed by atoms with van der Waals surface area (Å²) < 4.78 is 39.3. The standard InChI is InChI=1S/C12H17FN2O5S/c1-2-3-6-14(7-8-16)21(19,20)10-4-5-12(15(17)18)11(13)9-10/h4-5,9,16H,2-3,6-8H2,1H3. The Bertz CT molecular complexity index is 606. The maximum atomic E-state index is 13.6. The monoisotopic (exact) mass is 320 g/mol. The minimum Gasteiger partial charge on any atom is -0.395 e. The van der Waals surface area contributed by atoms with Crippen molar-refractivity contribution in [1.29, 1.82) is 0 Å². The summed E-state index contributed by atoms with van der Waals surface area (Å²) in [6.45, 7) is 1.60. The van der Waals surface area contributed by atoms with Gasteiger partial charge in [0.25, 0.3) is 0 Å². The van der Waals surface area contributed by atoms with E-state index in [-0.39, 0.29) is 24.6 Å². The lowest BCUT2D eigenvalue weighted by Gasteiger charge is -2.21. The highest BCUT2D eigenvalue weighted by atomic mass is 32.2. The number of hydrogen-bond acceptors (Lipinski definition) is 5. The van der Waals surface area contributed by atoms with Gasteiger partial charge in [-0.05, 0) is 12.5 Å². The Hall–Kier alpha value is -1.58. The first-order chi connectivity index (χ1) is 9.84. The van der Waals surface area contributed by atoms with Gasteiger partial charge in [0, 0.05) is 25.2 Å². The molecule has 0 heterocycles. The molecule has 0 aliphatic rings. The van der Waals surface area contributed by atoms with Crippen molar-refractivity contribution in [2.45, 2.75) is 24.7 Å². The molecular weight excluding hydrogens is 303 g/mol. The topological polar surface area (TPSA) is 101 Å². The van der Waals surface area contributed by atoms with Gasteiger partial charge in [-0.25, -0.2) is 8.42 Å². The second-order valence-electron chi connectivity index (χ2n) is 4.35. The van der Waals surface area contributed by atoms with Gasteiger partial charge in [-0.2, -0.15) is 8.70 Å². The molecule has 1 N–H and O–H groups in total. The molecule has 0 unspecified atom stereocenters. The van der Waals surface area contributed by atoms with Crippen molar-refractivity contribution < 1.29 is 22.8 Å². The number of unbranched alkanes of at least 4 members (excludes halogenated alkanes) is 1. The van der Waals surface area contributed by atoms with Gasteiger partial charge in [0.15, 0.2) is 0 Å². The molecule has 0 amide bonds. The summed E-state index contributed by atoms with van der Waals surface area (Å²) in [5.41, 5.74) is -0.781. The molecule has 21 heavy (non-hydrogen) atoms. The number of nitrogens with zero attached hydrogens (tertiary/aromatic N) is 2. The van der Waals surface area contributed by atoms with Gasteiger partial charge in [0.2, 0.25) is 15.8 Å². The Morgan fingerprint density at radius 1 is 1.38 bits per heavy atom. The minimum atomic E-state index is -3.99. The third kappa shape index (κ3) is 4.19. The molecular formula is C12H17FN2O5S. The van der Waals surface area contributed by atoms with Crippen molar-refractivity contribution in [2.24, 2.45) is 0 Å². The van der Waals surface area contributed by atoms with Crippen LogP contribution in [0, 0.1) is 15.9 Å². The van der Waals surface area contributed by atoms with Crippen LogP contribution < -0.4 is 0 Å². The van der Waals surface area contributed by atoms with Crippen molar-refractivity contribution in [1.82, 2.24) is 4.31 Å². The number of sulfonamides is 1. The van der Waals surface area contributed by atoms with E-state index in [9.17, 15) is 22.9 Å². The van der Waals surface area contributed by atoms with Gasteiger partial charge in [0.1, 0.15) is 0 Å². The summed E-state index contributed by atoms with van der Waals surface area (Å²) >= 11 is 0. The average molecular weight is 320 g/mol. The van der Waals surface area contributed by atoms with E-state index in [0.29, 0.717) is 12.5 Å². The van der Waals surface area contributed by atoms with Crippen LogP contribution in [-0.2, 0) is 10.0 Å². The summed E-state index contributed by atoms with van der Waals surface area (Å²) in [6, 6.07) is 2.44. The van der Waals surface area contributed by atoms with Crippen LogP contribution in [-0.4, -0.2) is 42.4 Å². The molecule has 0 aliphatic carbocycles. The quantitative estimate of drug-likeness (QED) is 0.578. The smallest absolute Gasteiger partial charge is 0.304 e. The van der Waals surface area contributed by atoms with Crippen molar-refractivity contribution >= 4 is 15.7 Å². The Kier molecular flexibility index (Phi) is 6.19. The number of nitro groups is 1. The third-order valence-corrected chi connectivity index (χ3v) is 4.76. The first-order valence-electron chi connectivity index (χ1n) is 6.39. The minimum absolute atomic E-state index is 0.110. The Labute approximate surface area is 122 Å². The highest BCUT2D eigenvalue weighted by molar-refractivity contribution is 7.89. The molecule has 0 saturated carbocycles. The number of halogens is 1. The van der Waals surface area contributed by atoms with Crippen LogP contribution in [0.15, 0.2) is 23.1 Å². The molecule has 0 radical (unpaired) electrons. The van der Waals surface area contributed by atoms with E-state index in [1.807, 2.05) is 6.92 Å². The zero-order valence-corrected chi connectivity index (χ0v) is 12.3. The number of hydrogen-bond donors (Lipinski definition) is 1. The summed E-state index contributed by atoms with van der Waals surface area (Å²) in [7, 11) is -3.99. The lowest BCUT2D eigenvalue weighted by atomic mass is 10.3. The van der Waals surface area contributed by atoms with Gasteiger partial charge in [-0.1, -0.05) is 13.3 Å². The third-order valence-electron chi connectivity index (χ3n) is 2.86. The van der Waals surface area contributed by atoms with Crippen molar-refractivity contribution in [3.8, 4) is 0 Å². The molecule has 0 aromatic heterocycles. The van der Waals surface area contributed by atoms with Gasteiger partial charge >= 0.3 is 5.69 Å². The first kappa shape index (κ1) is 17.5. The Morgan fingerprint density at radius 2 is 2.05 bits per heavy atom. The fourth-order valence-electron chi connectivity index (χ4n) is 1.74. The van der Waals surface area contributed by atoms with Crippen molar-refractivity contribution in [2.75, 3.05) is 19.7 Å². The highest BCUT2D eigenvalue weighted by Gasteiger charge is 2.26. The Balaban J connectivity index is 3.15. The predicted molar refractivity (Wildman–Crippen MR) is 73.8 cm³/mol. The van der Waals surface area contributed by atoms with E-state index in [2.05, 4.69) is 0 Å². The summed E-state index contributed by atoms with van der Waals surface area (Å²) in [6.07, 6.45) is 1.35. The van der Waals surface area contributed by atoms with Crippen LogP contribution in [0.5, 0.6) is 0 Å². The van der Waals surface area contributed by atoms with Crippen LogP contribution >= 0.6 is 0 Å². The van der Waals surface area contributed by atoms with Crippen LogP contribution in [0.4, 0.5) is 10.1 Å². The second-order valence-corrected chi connectivity index (χ2v) is 6.29. The molecule has 1 aromatic rings. The number of aliphatic hydroxyl groups is 1. The summed E-state index contributed by atoms with van der Waals surface area (Å²) in [5.74, 6) is -1.21. The molecule has 7 nitrogen and oxygen atoms in total. The molecule has 1 aromatic carbocycles. The van der Waals surface area contributed by atoms with Crippen LogP contribution in [0.3, 0.4) is 0 Å². The second kappa shape index (κ2) is 7.43. The van der Waals surface area contributed by atoms with E-state index >= 15 is 0 Å². The summed E-state index contributed by atoms with van der Waals surface area (Å²) in [4.78, 5) is 9.25.